The molecule has 2 N–H and O–H groups in total. The highest BCUT2D eigenvalue weighted by atomic mass is 35.5. The highest BCUT2D eigenvalue weighted by Crippen LogP contribution is 2.25. The minimum absolute atomic E-state index is 0.152. The zero-order valence-electron chi connectivity index (χ0n) is 12.9. The number of halogens is 1. The van der Waals surface area contributed by atoms with Crippen LogP contribution in [0.5, 0.6) is 0 Å². The summed E-state index contributed by atoms with van der Waals surface area (Å²) in [6.07, 6.45) is 0.922. The average molecular weight is 346 g/mol. The number of rotatable bonds is 5. The Kier molecular flexibility index (Phi) is 4.69. The van der Waals surface area contributed by atoms with E-state index < -0.39 is 6.10 Å². The Morgan fingerprint density at radius 2 is 2.21 bits per heavy atom. The van der Waals surface area contributed by atoms with E-state index in [1.54, 1.807) is 54.3 Å². The predicted molar refractivity (Wildman–Crippen MR) is 90.3 cm³/mol. The van der Waals surface area contributed by atoms with E-state index in [-0.39, 0.29) is 18.1 Å². The molecule has 1 amide bonds. The number of aliphatic hydroxyl groups excluding tert-OH is 1. The second kappa shape index (κ2) is 6.90. The van der Waals surface area contributed by atoms with Crippen LogP contribution in [0.2, 0.25) is 5.02 Å². The smallest absolute Gasteiger partial charge is 0.271 e. The van der Waals surface area contributed by atoms with Gasteiger partial charge in [-0.2, -0.15) is 5.10 Å². The molecular weight excluding hydrogens is 330 g/mol. The summed E-state index contributed by atoms with van der Waals surface area (Å²) in [7, 11) is 0. The van der Waals surface area contributed by atoms with Crippen LogP contribution in [-0.2, 0) is 0 Å². The first-order valence-electron chi connectivity index (χ1n) is 7.41. The number of carbonyl (C=O) groups is 1. The van der Waals surface area contributed by atoms with Gasteiger partial charge in [-0.15, -0.1) is 0 Å². The fourth-order valence-corrected chi connectivity index (χ4v) is 2.41. The van der Waals surface area contributed by atoms with Crippen molar-refractivity contribution in [3.63, 3.8) is 0 Å². The van der Waals surface area contributed by atoms with E-state index in [1.807, 2.05) is 6.07 Å². The number of aliphatic hydroxyl groups is 1. The molecule has 0 fully saturated rings. The number of benzene rings is 1. The zero-order valence-corrected chi connectivity index (χ0v) is 13.7. The van der Waals surface area contributed by atoms with Gasteiger partial charge in [0.15, 0.2) is 11.5 Å². The Balaban J connectivity index is 2.02. The van der Waals surface area contributed by atoms with Crippen LogP contribution in [0.1, 0.15) is 17.4 Å². The first-order chi connectivity index (χ1) is 11.5. The van der Waals surface area contributed by atoms with Crippen molar-refractivity contribution in [1.82, 2.24) is 15.1 Å². The van der Waals surface area contributed by atoms with E-state index in [2.05, 4.69) is 10.4 Å². The highest BCUT2D eigenvalue weighted by Gasteiger charge is 2.18. The fourth-order valence-electron chi connectivity index (χ4n) is 2.23. The van der Waals surface area contributed by atoms with E-state index in [9.17, 15) is 9.90 Å². The number of carbonyl (C=O) groups excluding carboxylic acids is 1. The van der Waals surface area contributed by atoms with Gasteiger partial charge in [0, 0.05) is 17.6 Å². The van der Waals surface area contributed by atoms with Gasteiger partial charge in [0.2, 0.25) is 0 Å². The highest BCUT2D eigenvalue weighted by molar-refractivity contribution is 6.30. The molecule has 1 unspecified atom stereocenters. The van der Waals surface area contributed by atoms with Crippen molar-refractivity contribution in [2.45, 2.75) is 13.0 Å². The minimum Gasteiger partial charge on any atom is -0.463 e. The van der Waals surface area contributed by atoms with Crippen molar-refractivity contribution in [1.29, 1.82) is 0 Å². The molecule has 0 aliphatic heterocycles. The maximum absolute atomic E-state index is 12.2. The maximum Gasteiger partial charge on any atom is 0.271 e. The van der Waals surface area contributed by atoms with E-state index in [4.69, 9.17) is 16.0 Å². The summed E-state index contributed by atoms with van der Waals surface area (Å²) in [6, 6.07) is 12.3. The SMILES string of the molecule is CC(O)CNC(=O)c1cc(-c2ccco2)n(-c2cccc(Cl)c2)n1. The van der Waals surface area contributed by atoms with E-state index >= 15 is 0 Å². The summed E-state index contributed by atoms with van der Waals surface area (Å²) in [5, 5.41) is 16.8. The molecule has 0 spiro atoms. The van der Waals surface area contributed by atoms with Gasteiger partial charge in [0.05, 0.1) is 18.1 Å². The number of nitrogens with one attached hydrogen (secondary N) is 1. The van der Waals surface area contributed by atoms with Crippen molar-refractivity contribution in [2.75, 3.05) is 6.54 Å². The van der Waals surface area contributed by atoms with Gasteiger partial charge in [-0.3, -0.25) is 4.79 Å². The third kappa shape index (κ3) is 3.50. The van der Waals surface area contributed by atoms with Gasteiger partial charge in [0.25, 0.3) is 5.91 Å². The lowest BCUT2D eigenvalue weighted by atomic mass is 10.2. The summed E-state index contributed by atoms with van der Waals surface area (Å²) in [4.78, 5) is 12.2. The summed E-state index contributed by atoms with van der Waals surface area (Å²) in [5.41, 5.74) is 1.56. The fraction of sp³-hybridized carbons (Fsp3) is 0.176. The maximum atomic E-state index is 12.2. The Bertz CT molecular complexity index is 841. The van der Waals surface area contributed by atoms with Crippen LogP contribution < -0.4 is 5.32 Å². The van der Waals surface area contributed by atoms with Crippen molar-refractivity contribution in [3.8, 4) is 17.1 Å². The van der Waals surface area contributed by atoms with Gasteiger partial charge < -0.3 is 14.8 Å². The lowest BCUT2D eigenvalue weighted by molar-refractivity contribution is 0.0918. The van der Waals surface area contributed by atoms with Crippen LogP contribution in [0.4, 0.5) is 0 Å². The molecule has 124 valence electrons. The molecule has 2 aromatic heterocycles. The summed E-state index contributed by atoms with van der Waals surface area (Å²) >= 11 is 6.05. The van der Waals surface area contributed by atoms with Crippen molar-refractivity contribution >= 4 is 17.5 Å². The first-order valence-corrected chi connectivity index (χ1v) is 7.78. The second-order valence-corrected chi connectivity index (χ2v) is 5.78. The van der Waals surface area contributed by atoms with E-state index in [0.29, 0.717) is 22.2 Å². The van der Waals surface area contributed by atoms with Gasteiger partial charge in [0.1, 0.15) is 5.69 Å². The third-order valence-corrected chi connectivity index (χ3v) is 3.56. The summed E-state index contributed by atoms with van der Waals surface area (Å²) in [6.45, 7) is 1.75. The molecule has 0 aliphatic rings. The van der Waals surface area contributed by atoms with Crippen LogP contribution >= 0.6 is 11.6 Å². The van der Waals surface area contributed by atoms with Crippen molar-refractivity contribution in [2.24, 2.45) is 0 Å². The summed E-state index contributed by atoms with van der Waals surface area (Å²) in [5.74, 6) is 0.210. The second-order valence-electron chi connectivity index (χ2n) is 5.34. The molecule has 0 aliphatic carbocycles. The molecule has 7 heteroatoms. The molecule has 0 radical (unpaired) electrons. The number of amides is 1. The number of hydrogen-bond donors (Lipinski definition) is 2. The van der Waals surface area contributed by atoms with Gasteiger partial charge in [-0.05, 0) is 37.3 Å². The average Bonchev–Trinajstić information content (AvgIpc) is 3.21. The molecule has 0 saturated carbocycles. The van der Waals surface area contributed by atoms with Crippen LogP contribution in [0.15, 0.2) is 53.1 Å². The quantitative estimate of drug-likeness (QED) is 0.745. The number of hydrogen-bond acceptors (Lipinski definition) is 4. The standard InChI is InChI=1S/C17H16ClN3O3/c1-11(22)10-19-17(23)14-9-15(16-6-3-7-24-16)21(20-14)13-5-2-4-12(18)8-13/h2-9,11,22H,10H2,1H3,(H,19,23). The Morgan fingerprint density at radius 3 is 2.88 bits per heavy atom. The first kappa shape index (κ1) is 16.3. The lowest BCUT2D eigenvalue weighted by Gasteiger charge is -2.06. The van der Waals surface area contributed by atoms with E-state index in [0.717, 1.165) is 0 Å². The number of furan rings is 1. The predicted octanol–water partition coefficient (Wildman–Crippen LogP) is 2.90. The van der Waals surface area contributed by atoms with Crippen LogP contribution in [0.3, 0.4) is 0 Å². The molecule has 24 heavy (non-hydrogen) atoms. The molecule has 0 saturated heterocycles. The molecule has 3 rings (SSSR count). The van der Waals surface area contributed by atoms with Crippen molar-refractivity contribution < 1.29 is 14.3 Å². The molecular formula is C17H16ClN3O3. The largest absolute Gasteiger partial charge is 0.463 e. The van der Waals surface area contributed by atoms with Crippen LogP contribution in [-0.4, -0.2) is 33.4 Å². The van der Waals surface area contributed by atoms with E-state index in [1.165, 1.54) is 0 Å². The van der Waals surface area contributed by atoms with Gasteiger partial charge in [-0.1, -0.05) is 17.7 Å². The monoisotopic (exact) mass is 345 g/mol. The summed E-state index contributed by atoms with van der Waals surface area (Å²) < 4.78 is 7.04. The van der Waals surface area contributed by atoms with Crippen LogP contribution in [0, 0.1) is 0 Å². The van der Waals surface area contributed by atoms with Crippen molar-refractivity contribution in [3.05, 3.63) is 59.4 Å². The molecule has 1 aromatic carbocycles. The normalized spacial score (nSPS) is 12.1. The van der Waals surface area contributed by atoms with Crippen LogP contribution in [0.25, 0.3) is 17.1 Å². The molecule has 6 nitrogen and oxygen atoms in total. The minimum atomic E-state index is -0.631. The number of nitrogens with zero attached hydrogens (tertiary/aromatic N) is 2. The molecule has 1 atom stereocenters. The topological polar surface area (TPSA) is 80.3 Å². The number of aromatic nitrogens is 2. The molecule has 3 aromatic rings. The Morgan fingerprint density at radius 1 is 1.38 bits per heavy atom. The van der Waals surface area contributed by atoms with Gasteiger partial charge in [-0.25, -0.2) is 4.68 Å². The zero-order chi connectivity index (χ0) is 17.1. The third-order valence-electron chi connectivity index (χ3n) is 3.33. The Hall–Kier alpha value is -2.57. The Labute approximate surface area is 143 Å². The lowest BCUT2D eigenvalue weighted by Crippen LogP contribution is -2.30. The molecule has 2 heterocycles. The van der Waals surface area contributed by atoms with Gasteiger partial charge >= 0.3 is 0 Å². The molecule has 0 bridgehead atoms.